The normalized spacial score (nSPS) is 13.8. The molecule has 0 aromatic carbocycles. The van der Waals surface area contributed by atoms with Crippen LogP contribution in [0.5, 0.6) is 0 Å². The van der Waals surface area contributed by atoms with Gasteiger partial charge in [-0.3, -0.25) is 4.79 Å². The number of hydrogen-bond acceptors (Lipinski definition) is 3. The molecule has 96 valence electrons. The lowest BCUT2D eigenvalue weighted by atomic mass is 10.1. The van der Waals surface area contributed by atoms with Crippen LogP contribution in [0.1, 0.15) is 20.8 Å². The van der Waals surface area contributed by atoms with E-state index in [0.717, 1.165) is 19.6 Å². The van der Waals surface area contributed by atoms with Crippen molar-refractivity contribution in [2.24, 2.45) is 11.8 Å². The van der Waals surface area contributed by atoms with Crippen molar-refractivity contribution in [3.63, 3.8) is 0 Å². The summed E-state index contributed by atoms with van der Waals surface area (Å²) in [7, 11) is 4.07. The van der Waals surface area contributed by atoms with Crippen molar-refractivity contribution in [1.82, 2.24) is 9.80 Å². The fraction of sp³-hybridized carbons (Fsp3) is 0.917. The van der Waals surface area contributed by atoms with Crippen molar-refractivity contribution >= 4 is 5.97 Å². The van der Waals surface area contributed by atoms with Crippen LogP contribution in [0, 0.1) is 11.8 Å². The second-order valence-corrected chi connectivity index (χ2v) is 5.20. The minimum Gasteiger partial charge on any atom is -0.481 e. The summed E-state index contributed by atoms with van der Waals surface area (Å²) in [5, 5.41) is 8.91. The monoisotopic (exact) mass is 230 g/mol. The molecule has 0 rings (SSSR count). The zero-order valence-electron chi connectivity index (χ0n) is 11.2. The third kappa shape index (κ3) is 7.65. The molecule has 0 saturated heterocycles. The van der Waals surface area contributed by atoms with Crippen LogP contribution in [-0.4, -0.2) is 61.2 Å². The highest BCUT2D eigenvalue weighted by atomic mass is 16.4. The van der Waals surface area contributed by atoms with Gasteiger partial charge in [0.2, 0.25) is 0 Å². The van der Waals surface area contributed by atoms with Gasteiger partial charge in [-0.25, -0.2) is 0 Å². The summed E-state index contributed by atoms with van der Waals surface area (Å²) in [6.45, 7) is 9.60. The van der Waals surface area contributed by atoms with Crippen molar-refractivity contribution in [1.29, 1.82) is 0 Å². The third-order valence-electron chi connectivity index (χ3n) is 2.44. The Hall–Kier alpha value is -0.610. The fourth-order valence-electron chi connectivity index (χ4n) is 1.58. The first-order valence-corrected chi connectivity index (χ1v) is 5.92. The maximum Gasteiger partial charge on any atom is 0.307 e. The number of carboxylic acids is 1. The summed E-state index contributed by atoms with van der Waals surface area (Å²) in [6, 6.07) is 0. The van der Waals surface area contributed by atoms with Gasteiger partial charge in [0.25, 0.3) is 0 Å². The predicted octanol–water partition coefficient (Wildman–Crippen LogP) is 1.23. The number of carbonyl (C=O) groups is 1. The number of hydrogen-bond donors (Lipinski definition) is 1. The van der Waals surface area contributed by atoms with Crippen LogP contribution in [0.3, 0.4) is 0 Å². The van der Waals surface area contributed by atoms with E-state index >= 15 is 0 Å². The summed E-state index contributed by atoms with van der Waals surface area (Å²) in [6.07, 6.45) is 0. The first-order chi connectivity index (χ1) is 7.32. The molecule has 0 amide bonds. The Bertz CT molecular complexity index is 205. The summed E-state index contributed by atoms with van der Waals surface area (Å²) in [5.41, 5.74) is 0. The van der Waals surface area contributed by atoms with Crippen LogP contribution in [0.2, 0.25) is 0 Å². The molecule has 0 aliphatic carbocycles. The molecule has 1 N–H and O–H groups in total. The highest BCUT2D eigenvalue weighted by Crippen LogP contribution is 2.04. The quantitative estimate of drug-likeness (QED) is 0.681. The molecule has 4 heteroatoms. The summed E-state index contributed by atoms with van der Waals surface area (Å²) in [5.74, 6) is -0.428. The fourth-order valence-corrected chi connectivity index (χ4v) is 1.58. The zero-order chi connectivity index (χ0) is 12.7. The predicted molar refractivity (Wildman–Crippen MR) is 66.6 cm³/mol. The van der Waals surface area contributed by atoms with E-state index in [1.807, 2.05) is 14.1 Å². The maximum atomic E-state index is 10.8. The number of aliphatic carboxylic acids is 1. The first-order valence-electron chi connectivity index (χ1n) is 5.92. The third-order valence-corrected chi connectivity index (χ3v) is 2.44. The van der Waals surface area contributed by atoms with Gasteiger partial charge >= 0.3 is 5.97 Å². The van der Waals surface area contributed by atoms with Crippen molar-refractivity contribution in [3.8, 4) is 0 Å². The van der Waals surface area contributed by atoms with E-state index < -0.39 is 5.97 Å². The van der Waals surface area contributed by atoms with E-state index in [0.29, 0.717) is 12.5 Å². The second kappa shape index (κ2) is 7.63. The Kier molecular flexibility index (Phi) is 7.34. The van der Waals surface area contributed by atoms with E-state index in [1.165, 1.54) is 0 Å². The van der Waals surface area contributed by atoms with Gasteiger partial charge in [-0.2, -0.15) is 0 Å². The van der Waals surface area contributed by atoms with Crippen LogP contribution >= 0.6 is 0 Å². The summed E-state index contributed by atoms with van der Waals surface area (Å²) >= 11 is 0. The van der Waals surface area contributed by atoms with Crippen LogP contribution in [0.15, 0.2) is 0 Å². The van der Waals surface area contributed by atoms with Crippen molar-refractivity contribution < 1.29 is 9.90 Å². The van der Waals surface area contributed by atoms with Crippen LogP contribution < -0.4 is 0 Å². The molecule has 16 heavy (non-hydrogen) atoms. The maximum absolute atomic E-state index is 10.8. The van der Waals surface area contributed by atoms with E-state index in [2.05, 4.69) is 23.6 Å². The molecular formula is C12H26N2O2. The molecule has 0 aliphatic heterocycles. The van der Waals surface area contributed by atoms with Crippen molar-refractivity contribution in [2.45, 2.75) is 20.8 Å². The molecule has 1 atom stereocenters. The van der Waals surface area contributed by atoms with Gasteiger partial charge in [-0.05, 0) is 20.0 Å². The average molecular weight is 230 g/mol. The van der Waals surface area contributed by atoms with E-state index in [9.17, 15) is 4.79 Å². The van der Waals surface area contributed by atoms with Gasteiger partial charge in [0, 0.05) is 26.2 Å². The number of nitrogens with zero attached hydrogens (tertiary/aromatic N) is 2. The lowest BCUT2D eigenvalue weighted by molar-refractivity contribution is -0.141. The lowest BCUT2D eigenvalue weighted by Gasteiger charge is -2.27. The van der Waals surface area contributed by atoms with Gasteiger partial charge < -0.3 is 14.9 Å². The minimum atomic E-state index is -0.710. The Balaban J connectivity index is 4.14. The highest BCUT2D eigenvalue weighted by Gasteiger charge is 2.16. The largest absolute Gasteiger partial charge is 0.481 e. The van der Waals surface area contributed by atoms with E-state index in [1.54, 1.807) is 6.92 Å². The minimum absolute atomic E-state index is 0.291. The molecule has 1 unspecified atom stereocenters. The summed E-state index contributed by atoms with van der Waals surface area (Å²) in [4.78, 5) is 15.2. The van der Waals surface area contributed by atoms with Crippen LogP contribution in [0.25, 0.3) is 0 Å². The number of carboxylic acid groups (broad SMARTS) is 1. The second-order valence-electron chi connectivity index (χ2n) is 5.20. The molecule has 0 heterocycles. The Morgan fingerprint density at radius 2 is 1.69 bits per heavy atom. The van der Waals surface area contributed by atoms with Crippen molar-refractivity contribution in [3.05, 3.63) is 0 Å². The Labute approximate surface area is 99.2 Å². The topological polar surface area (TPSA) is 43.8 Å². The molecule has 0 aliphatic rings. The average Bonchev–Trinajstić information content (AvgIpc) is 2.12. The Morgan fingerprint density at radius 1 is 1.12 bits per heavy atom. The first kappa shape index (κ1) is 15.4. The molecule has 0 fully saturated rings. The molecular weight excluding hydrogens is 204 g/mol. The van der Waals surface area contributed by atoms with Gasteiger partial charge in [0.15, 0.2) is 0 Å². The van der Waals surface area contributed by atoms with E-state index in [4.69, 9.17) is 5.11 Å². The molecule has 0 spiro atoms. The molecule has 0 saturated carbocycles. The number of likely N-dealkylation sites (N-methyl/N-ethyl adjacent to an activating group) is 1. The lowest BCUT2D eigenvalue weighted by Crippen LogP contribution is -2.38. The molecule has 0 aromatic rings. The standard InChI is InChI=1S/C12H26N2O2/c1-10(2)8-14(7-6-13(4)5)9-11(3)12(15)16/h10-11H,6-9H2,1-5H3,(H,15,16). The van der Waals surface area contributed by atoms with Gasteiger partial charge in [0.1, 0.15) is 0 Å². The van der Waals surface area contributed by atoms with Crippen LogP contribution in [-0.2, 0) is 4.79 Å². The highest BCUT2D eigenvalue weighted by molar-refractivity contribution is 5.69. The molecule has 0 radical (unpaired) electrons. The van der Waals surface area contributed by atoms with E-state index in [-0.39, 0.29) is 5.92 Å². The molecule has 0 aromatic heterocycles. The van der Waals surface area contributed by atoms with Crippen molar-refractivity contribution in [2.75, 3.05) is 40.3 Å². The molecule has 0 bridgehead atoms. The van der Waals surface area contributed by atoms with Gasteiger partial charge in [0.05, 0.1) is 5.92 Å². The molecule has 4 nitrogen and oxygen atoms in total. The van der Waals surface area contributed by atoms with Gasteiger partial charge in [-0.15, -0.1) is 0 Å². The zero-order valence-corrected chi connectivity index (χ0v) is 11.2. The number of rotatable bonds is 8. The Morgan fingerprint density at radius 3 is 2.06 bits per heavy atom. The summed E-state index contributed by atoms with van der Waals surface area (Å²) < 4.78 is 0. The smallest absolute Gasteiger partial charge is 0.307 e. The SMILES string of the molecule is CC(C)CN(CCN(C)C)CC(C)C(=O)O. The van der Waals surface area contributed by atoms with Gasteiger partial charge in [-0.1, -0.05) is 20.8 Å². The van der Waals surface area contributed by atoms with Crippen LogP contribution in [0.4, 0.5) is 0 Å².